The van der Waals surface area contributed by atoms with Gasteiger partial charge in [0.2, 0.25) is 0 Å². The summed E-state index contributed by atoms with van der Waals surface area (Å²) in [7, 11) is 3.30. The molecular formula is C17H18FNO2. The van der Waals surface area contributed by atoms with Gasteiger partial charge in [0.15, 0.2) is 0 Å². The van der Waals surface area contributed by atoms with Crippen molar-refractivity contribution in [2.24, 2.45) is 0 Å². The molecule has 21 heavy (non-hydrogen) atoms. The van der Waals surface area contributed by atoms with Crippen LogP contribution in [-0.4, -0.2) is 25.0 Å². The molecule has 0 heterocycles. The van der Waals surface area contributed by atoms with E-state index in [1.165, 1.54) is 12.1 Å². The molecule has 2 rings (SSSR count). The van der Waals surface area contributed by atoms with Crippen LogP contribution in [0.5, 0.6) is 5.75 Å². The fourth-order valence-corrected chi connectivity index (χ4v) is 2.10. The third kappa shape index (κ3) is 3.40. The molecule has 0 aliphatic carbocycles. The molecule has 0 saturated heterocycles. The first-order valence-electron chi connectivity index (χ1n) is 6.69. The zero-order valence-electron chi connectivity index (χ0n) is 12.3. The highest BCUT2D eigenvalue weighted by Gasteiger charge is 2.19. The molecule has 0 aromatic heterocycles. The zero-order chi connectivity index (χ0) is 15.4. The summed E-state index contributed by atoms with van der Waals surface area (Å²) in [6.45, 7) is 1.91. The third-order valence-corrected chi connectivity index (χ3v) is 3.57. The fraction of sp³-hybridized carbons (Fsp3) is 0.235. The molecule has 3 nitrogen and oxygen atoms in total. The number of ether oxygens (including phenoxy) is 1. The van der Waals surface area contributed by atoms with E-state index in [9.17, 15) is 9.18 Å². The van der Waals surface area contributed by atoms with E-state index >= 15 is 0 Å². The lowest BCUT2D eigenvalue weighted by Crippen LogP contribution is -2.29. The van der Waals surface area contributed by atoms with Gasteiger partial charge in [0, 0.05) is 12.6 Å². The molecule has 0 N–H and O–H groups in total. The Morgan fingerprint density at radius 2 is 1.86 bits per heavy atom. The average molecular weight is 287 g/mol. The summed E-state index contributed by atoms with van der Waals surface area (Å²) in [6.07, 6.45) is 0. The van der Waals surface area contributed by atoms with Gasteiger partial charge in [-0.25, -0.2) is 4.39 Å². The van der Waals surface area contributed by atoms with Crippen molar-refractivity contribution in [2.45, 2.75) is 13.0 Å². The number of carbonyl (C=O) groups excluding carboxylic acids is 1. The lowest BCUT2D eigenvalue weighted by atomic mass is 10.1. The summed E-state index contributed by atoms with van der Waals surface area (Å²) >= 11 is 0. The summed E-state index contributed by atoms with van der Waals surface area (Å²) in [6, 6.07) is 13.1. The van der Waals surface area contributed by atoms with Gasteiger partial charge in [-0.1, -0.05) is 18.2 Å². The summed E-state index contributed by atoms with van der Waals surface area (Å²) in [5.74, 6) is 0.252. The van der Waals surface area contributed by atoms with Gasteiger partial charge in [0.05, 0.1) is 13.2 Å². The van der Waals surface area contributed by atoms with Crippen molar-refractivity contribution in [2.75, 3.05) is 14.2 Å². The number of amides is 1. The van der Waals surface area contributed by atoms with Gasteiger partial charge in [-0.2, -0.15) is 0 Å². The molecule has 0 aliphatic rings. The van der Waals surface area contributed by atoms with Crippen LogP contribution < -0.4 is 4.74 Å². The highest BCUT2D eigenvalue weighted by molar-refractivity contribution is 5.94. The molecule has 2 aromatic rings. The Hall–Kier alpha value is -2.36. The Bertz CT molecular complexity index is 625. The molecule has 0 spiro atoms. The molecule has 110 valence electrons. The minimum Gasteiger partial charge on any atom is -0.497 e. The van der Waals surface area contributed by atoms with E-state index in [1.54, 1.807) is 55.5 Å². The van der Waals surface area contributed by atoms with Crippen molar-refractivity contribution in [1.29, 1.82) is 0 Å². The first-order valence-corrected chi connectivity index (χ1v) is 6.69. The molecule has 0 aliphatic heterocycles. The van der Waals surface area contributed by atoms with Crippen LogP contribution in [-0.2, 0) is 0 Å². The molecule has 1 atom stereocenters. The molecule has 1 unspecified atom stereocenters. The fourth-order valence-electron chi connectivity index (χ4n) is 2.10. The molecule has 1 amide bonds. The number of hydrogen-bond acceptors (Lipinski definition) is 2. The first-order chi connectivity index (χ1) is 10.0. The van der Waals surface area contributed by atoms with Crippen LogP contribution in [0.25, 0.3) is 0 Å². The van der Waals surface area contributed by atoms with E-state index in [0.29, 0.717) is 11.3 Å². The minimum atomic E-state index is -0.285. The zero-order valence-corrected chi connectivity index (χ0v) is 12.3. The number of halogens is 1. The van der Waals surface area contributed by atoms with Crippen molar-refractivity contribution in [3.8, 4) is 5.75 Å². The summed E-state index contributed by atoms with van der Waals surface area (Å²) < 4.78 is 18.1. The Kier molecular flexibility index (Phi) is 4.58. The van der Waals surface area contributed by atoms with E-state index in [1.807, 2.05) is 6.92 Å². The number of methoxy groups -OCH3 is 1. The quantitative estimate of drug-likeness (QED) is 0.858. The second-order valence-corrected chi connectivity index (χ2v) is 4.88. The van der Waals surface area contributed by atoms with Crippen LogP contribution in [0.15, 0.2) is 48.5 Å². The van der Waals surface area contributed by atoms with Crippen LogP contribution in [0.2, 0.25) is 0 Å². The van der Waals surface area contributed by atoms with E-state index < -0.39 is 0 Å². The van der Waals surface area contributed by atoms with Gasteiger partial charge in [0.1, 0.15) is 11.6 Å². The van der Waals surface area contributed by atoms with Crippen LogP contribution in [0.4, 0.5) is 4.39 Å². The van der Waals surface area contributed by atoms with E-state index in [0.717, 1.165) is 5.56 Å². The Morgan fingerprint density at radius 1 is 1.19 bits per heavy atom. The second-order valence-electron chi connectivity index (χ2n) is 4.88. The van der Waals surface area contributed by atoms with Crippen molar-refractivity contribution < 1.29 is 13.9 Å². The van der Waals surface area contributed by atoms with E-state index in [4.69, 9.17) is 4.74 Å². The molecular weight excluding hydrogens is 269 g/mol. The predicted octanol–water partition coefficient (Wildman–Crippen LogP) is 3.67. The SMILES string of the molecule is COc1cccc(C(=O)N(C)C(C)c2ccc(F)cc2)c1. The molecule has 4 heteroatoms. The normalized spacial score (nSPS) is 11.8. The van der Waals surface area contributed by atoms with E-state index in [-0.39, 0.29) is 17.8 Å². The van der Waals surface area contributed by atoms with Crippen molar-refractivity contribution in [1.82, 2.24) is 4.90 Å². The maximum Gasteiger partial charge on any atom is 0.254 e. The van der Waals surface area contributed by atoms with Crippen LogP contribution >= 0.6 is 0 Å². The highest BCUT2D eigenvalue weighted by Crippen LogP contribution is 2.22. The highest BCUT2D eigenvalue weighted by atomic mass is 19.1. The molecule has 0 fully saturated rings. The monoisotopic (exact) mass is 287 g/mol. The molecule has 0 radical (unpaired) electrons. The van der Waals surface area contributed by atoms with Crippen molar-refractivity contribution in [3.05, 3.63) is 65.5 Å². The van der Waals surface area contributed by atoms with Crippen LogP contribution in [0.1, 0.15) is 28.9 Å². The predicted molar refractivity (Wildman–Crippen MR) is 79.9 cm³/mol. The third-order valence-electron chi connectivity index (χ3n) is 3.57. The average Bonchev–Trinajstić information content (AvgIpc) is 2.53. The smallest absolute Gasteiger partial charge is 0.254 e. The van der Waals surface area contributed by atoms with Gasteiger partial charge in [-0.15, -0.1) is 0 Å². The van der Waals surface area contributed by atoms with Gasteiger partial charge in [-0.3, -0.25) is 4.79 Å². The van der Waals surface area contributed by atoms with Gasteiger partial charge in [0.25, 0.3) is 5.91 Å². The number of benzene rings is 2. The maximum atomic E-state index is 13.0. The first kappa shape index (κ1) is 15.0. The standard InChI is InChI=1S/C17H18FNO2/c1-12(13-7-9-15(18)10-8-13)19(2)17(20)14-5-4-6-16(11-14)21-3/h4-12H,1-3H3. The summed E-state index contributed by atoms with van der Waals surface area (Å²) in [5.41, 5.74) is 1.45. The molecule has 2 aromatic carbocycles. The number of nitrogens with zero attached hydrogens (tertiary/aromatic N) is 1. The maximum absolute atomic E-state index is 13.0. The van der Waals surface area contributed by atoms with Crippen LogP contribution in [0.3, 0.4) is 0 Å². The van der Waals surface area contributed by atoms with Gasteiger partial charge >= 0.3 is 0 Å². The lowest BCUT2D eigenvalue weighted by Gasteiger charge is -2.25. The topological polar surface area (TPSA) is 29.5 Å². The molecule has 0 saturated carbocycles. The Balaban J connectivity index is 2.19. The van der Waals surface area contributed by atoms with Crippen molar-refractivity contribution in [3.63, 3.8) is 0 Å². The lowest BCUT2D eigenvalue weighted by molar-refractivity contribution is 0.0742. The Morgan fingerprint density at radius 3 is 2.48 bits per heavy atom. The molecule has 0 bridgehead atoms. The Labute approximate surface area is 124 Å². The number of hydrogen-bond donors (Lipinski definition) is 0. The van der Waals surface area contributed by atoms with Gasteiger partial charge < -0.3 is 9.64 Å². The summed E-state index contributed by atoms with van der Waals surface area (Å²) in [4.78, 5) is 14.1. The van der Waals surface area contributed by atoms with Gasteiger partial charge in [-0.05, 0) is 42.8 Å². The van der Waals surface area contributed by atoms with Crippen molar-refractivity contribution >= 4 is 5.91 Å². The van der Waals surface area contributed by atoms with Crippen LogP contribution in [0, 0.1) is 5.82 Å². The summed E-state index contributed by atoms with van der Waals surface area (Å²) in [5, 5.41) is 0. The largest absolute Gasteiger partial charge is 0.497 e. The number of rotatable bonds is 4. The number of carbonyl (C=O) groups is 1. The second kappa shape index (κ2) is 6.39. The minimum absolute atomic E-state index is 0.106. The van der Waals surface area contributed by atoms with E-state index in [2.05, 4.69) is 0 Å².